The molecule has 0 N–H and O–H groups in total. The molecule has 0 saturated heterocycles. The Hall–Kier alpha value is -0.970. The smallest absolute Gasteiger partial charge is 0.281 e. The fourth-order valence-electron chi connectivity index (χ4n) is 0.352. The van der Waals surface area contributed by atoms with E-state index in [4.69, 9.17) is 0 Å². The maximum atomic E-state index is 9.94. The number of nitrogens with zero attached hydrogens (tertiary/aromatic N) is 3. The second-order valence-corrected chi connectivity index (χ2v) is 2.18. The summed E-state index contributed by atoms with van der Waals surface area (Å²) in [6.07, 6.45) is 1.66. The van der Waals surface area contributed by atoms with Crippen LogP contribution in [0.1, 0.15) is 0 Å². The topological polar surface area (TPSA) is 46.1 Å². The Morgan fingerprint density at radius 1 is 1.89 bits per heavy atom. The molecule has 1 aromatic heterocycles. The van der Waals surface area contributed by atoms with Gasteiger partial charge in [-0.1, -0.05) is 11.3 Å². The van der Waals surface area contributed by atoms with Crippen LogP contribution in [0.4, 0.5) is 5.13 Å². The fourth-order valence-corrected chi connectivity index (χ4v) is 0.831. The first-order chi connectivity index (χ1) is 4.34. The molecule has 0 fully saturated rings. The zero-order valence-electron chi connectivity index (χ0n) is 4.74. The Morgan fingerprint density at radius 2 is 2.67 bits per heavy atom. The van der Waals surface area contributed by atoms with E-state index < -0.39 is 0 Å². The highest BCUT2D eigenvalue weighted by atomic mass is 32.1. The molecule has 0 saturated carbocycles. The molecular formula is C4H4N3OS. The number of aromatic nitrogens is 2. The average molecular weight is 142 g/mol. The molecule has 0 unspecified atom stereocenters. The Morgan fingerprint density at radius 3 is 3.11 bits per heavy atom. The van der Waals surface area contributed by atoms with Gasteiger partial charge in [-0.3, -0.25) is 9.69 Å². The van der Waals surface area contributed by atoms with Crippen LogP contribution in [0, 0.1) is 0 Å². The first kappa shape index (κ1) is 6.15. The second kappa shape index (κ2) is 2.54. The van der Waals surface area contributed by atoms with Gasteiger partial charge in [-0.05, 0) is 0 Å². The summed E-state index contributed by atoms with van der Waals surface area (Å²) in [6.45, 7) is 0. The Labute approximate surface area is 56.1 Å². The third kappa shape index (κ3) is 1.23. The van der Waals surface area contributed by atoms with Gasteiger partial charge in [-0.2, -0.15) is 0 Å². The third-order valence-electron chi connectivity index (χ3n) is 0.772. The van der Waals surface area contributed by atoms with Crippen molar-refractivity contribution < 1.29 is 4.79 Å². The molecule has 0 aliphatic rings. The summed E-state index contributed by atoms with van der Waals surface area (Å²) in [7, 11) is 1.58. The van der Waals surface area contributed by atoms with Crippen LogP contribution in [-0.2, 0) is 4.79 Å². The molecule has 5 heteroatoms. The lowest BCUT2D eigenvalue weighted by atomic mass is 10.9. The molecular weight excluding hydrogens is 138 g/mol. The molecule has 9 heavy (non-hydrogen) atoms. The lowest BCUT2D eigenvalue weighted by Gasteiger charge is -1.99. The van der Waals surface area contributed by atoms with Gasteiger partial charge in [0.1, 0.15) is 5.51 Å². The summed E-state index contributed by atoms with van der Waals surface area (Å²) in [5.41, 5.74) is 1.56. The first-order valence-electron chi connectivity index (χ1n) is 2.22. The van der Waals surface area contributed by atoms with Gasteiger partial charge in [0.25, 0.3) is 0 Å². The molecule has 0 bridgehead atoms. The maximum absolute atomic E-state index is 9.94. The predicted octanol–water partition coefficient (Wildman–Crippen LogP) is 0.0415. The molecule has 0 aliphatic heterocycles. The number of carbonyl (C=O) groups excluding carboxylic acids is 1. The fraction of sp³-hybridized carbons (Fsp3) is 0.250. The summed E-state index contributed by atoms with van der Waals surface area (Å²) in [4.78, 5) is 11.2. The van der Waals surface area contributed by atoms with Crippen molar-refractivity contribution >= 4 is 22.9 Å². The molecule has 1 radical (unpaired) electrons. The van der Waals surface area contributed by atoms with Crippen molar-refractivity contribution in [1.29, 1.82) is 0 Å². The quantitative estimate of drug-likeness (QED) is 0.548. The number of rotatable bonds is 2. The molecule has 0 aromatic carbocycles. The summed E-state index contributed by atoms with van der Waals surface area (Å²) >= 11 is 1.30. The lowest BCUT2D eigenvalue weighted by Crippen LogP contribution is -2.12. The Balaban J connectivity index is 2.76. The predicted molar refractivity (Wildman–Crippen MR) is 34.0 cm³/mol. The van der Waals surface area contributed by atoms with Crippen LogP contribution < -0.4 is 4.90 Å². The van der Waals surface area contributed by atoms with Crippen molar-refractivity contribution in [3.05, 3.63) is 5.51 Å². The highest BCUT2D eigenvalue weighted by Crippen LogP contribution is 2.10. The van der Waals surface area contributed by atoms with E-state index in [0.29, 0.717) is 5.13 Å². The molecule has 0 atom stereocenters. The molecule has 4 nitrogen and oxygen atoms in total. The van der Waals surface area contributed by atoms with Gasteiger partial charge in [-0.15, -0.1) is 10.2 Å². The van der Waals surface area contributed by atoms with E-state index >= 15 is 0 Å². The van der Waals surface area contributed by atoms with Crippen molar-refractivity contribution in [3.63, 3.8) is 0 Å². The minimum absolute atomic E-state index is 0.560. The summed E-state index contributed by atoms with van der Waals surface area (Å²) in [5.74, 6) is 0. The molecule has 1 rings (SSSR count). The van der Waals surface area contributed by atoms with E-state index in [2.05, 4.69) is 10.2 Å². The van der Waals surface area contributed by atoms with Crippen LogP contribution in [0.5, 0.6) is 0 Å². The molecule has 0 aliphatic carbocycles. The van der Waals surface area contributed by atoms with Crippen LogP contribution in [0.3, 0.4) is 0 Å². The van der Waals surface area contributed by atoms with E-state index in [-0.39, 0.29) is 0 Å². The van der Waals surface area contributed by atoms with Crippen molar-refractivity contribution in [2.75, 3.05) is 11.9 Å². The molecule has 1 aromatic rings. The van der Waals surface area contributed by atoms with Crippen LogP contribution >= 0.6 is 11.3 Å². The number of hydrogen-bond donors (Lipinski definition) is 0. The SMILES string of the molecule is CN([C]=O)c1nncs1. The maximum Gasteiger partial charge on any atom is 0.318 e. The highest BCUT2D eigenvalue weighted by molar-refractivity contribution is 7.13. The van der Waals surface area contributed by atoms with Gasteiger partial charge in [0.2, 0.25) is 5.13 Å². The van der Waals surface area contributed by atoms with Crippen LogP contribution in [0.2, 0.25) is 0 Å². The van der Waals surface area contributed by atoms with Crippen molar-refractivity contribution in [2.24, 2.45) is 0 Å². The van der Waals surface area contributed by atoms with Gasteiger partial charge >= 0.3 is 6.41 Å². The third-order valence-corrected chi connectivity index (χ3v) is 1.54. The van der Waals surface area contributed by atoms with Crippen molar-refractivity contribution in [3.8, 4) is 0 Å². The van der Waals surface area contributed by atoms with Gasteiger partial charge in [0.15, 0.2) is 0 Å². The van der Waals surface area contributed by atoms with Crippen LogP contribution in [-0.4, -0.2) is 23.7 Å². The minimum atomic E-state index is 0.560. The zero-order chi connectivity index (χ0) is 6.69. The van der Waals surface area contributed by atoms with Crippen molar-refractivity contribution in [1.82, 2.24) is 10.2 Å². The largest absolute Gasteiger partial charge is 0.318 e. The van der Waals surface area contributed by atoms with E-state index in [1.165, 1.54) is 16.2 Å². The summed E-state index contributed by atoms with van der Waals surface area (Å²) in [6, 6.07) is 0. The second-order valence-electron chi connectivity index (χ2n) is 1.37. The lowest BCUT2D eigenvalue weighted by molar-refractivity contribution is 0.554. The minimum Gasteiger partial charge on any atom is -0.281 e. The van der Waals surface area contributed by atoms with Gasteiger partial charge in [-0.25, -0.2) is 0 Å². The normalized spacial score (nSPS) is 9.00. The van der Waals surface area contributed by atoms with Crippen LogP contribution in [0.15, 0.2) is 5.51 Å². The average Bonchev–Trinajstić information content (AvgIpc) is 2.37. The van der Waals surface area contributed by atoms with E-state index in [1.807, 2.05) is 0 Å². The zero-order valence-corrected chi connectivity index (χ0v) is 5.55. The standard InChI is InChI=1S/C4H4N3OS/c1-7(3-8)4-6-5-2-9-4/h2H,1H3. The molecule has 47 valence electrons. The van der Waals surface area contributed by atoms with Crippen molar-refractivity contribution in [2.45, 2.75) is 0 Å². The summed E-state index contributed by atoms with van der Waals surface area (Å²) < 4.78 is 0. The molecule has 1 heterocycles. The van der Waals surface area contributed by atoms with E-state index in [9.17, 15) is 4.79 Å². The van der Waals surface area contributed by atoms with Gasteiger partial charge in [0, 0.05) is 7.05 Å². The Bertz CT molecular complexity index is 186. The molecule has 1 amide bonds. The molecule has 0 spiro atoms. The van der Waals surface area contributed by atoms with Gasteiger partial charge in [0.05, 0.1) is 0 Å². The number of amides is 1. The first-order valence-corrected chi connectivity index (χ1v) is 3.10. The Kier molecular flexibility index (Phi) is 1.74. The number of anilines is 1. The highest BCUT2D eigenvalue weighted by Gasteiger charge is 2.00. The van der Waals surface area contributed by atoms with Crippen LogP contribution in [0.25, 0.3) is 0 Å². The monoisotopic (exact) mass is 142 g/mol. The van der Waals surface area contributed by atoms with Gasteiger partial charge < -0.3 is 0 Å². The van der Waals surface area contributed by atoms with E-state index in [1.54, 1.807) is 19.0 Å². The summed E-state index contributed by atoms with van der Waals surface area (Å²) in [5, 5.41) is 7.72. The van der Waals surface area contributed by atoms with E-state index in [0.717, 1.165) is 0 Å². The number of hydrogen-bond acceptors (Lipinski definition) is 4.